The molecule has 0 unspecified atom stereocenters. The molecule has 0 radical (unpaired) electrons. The number of amides is 1. The Balaban J connectivity index is 2.11. The first-order valence-corrected chi connectivity index (χ1v) is 10.9. The molecule has 3 rings (SSSR count). The van der Waals surface area contributed by atoms with Gasteiger partial charge >= 0.3 is 0 Å². The SMILES string of the molecule is CC(C)(C)c1ccc([C@@H]2/C(=C(\O)c3cccc([N+](=O)[O-])c3)C(=O)C(=O)N2CCOCCO)cc1. The minimum absolute atomic E-state index is 0.0575. The maximum absolute atomic E-state index is 13.0. The van der Waals surface area contributed by atoms with E-state index in [0.717, 1.165) is 11.6 Å². The molecule has 1 atom stereocenters. The maximum atomic E-state index is 13.0. The average Bonchev–Trinajstić information content (AvgIpc) is 3.06. The number of ketones is 1. The highest BCUT2D eigenvalue weighted by atomic mass is 16.6. The van der Waals surface area contributed by atoms with Gasteiger partial charge in [0.25, 0.3) is 17.4 Å². The Morgan fingerprint density at radius 1 is 1.12 bits per heavy atom. The quantitative estimate of drug-likeness (QED) is 0.152. The zero-order valence-corrected chi connectivity index (χ0v) is 19.4. The van der Waals surface area contributed by atoms with Crippen molar-refractivity contribution in [2.45, 2.75) is 32.2 Å². The lowest BCUT2D eigenvalue weighted by Crippen LogP contribution is -2.33. The number of hydrogen-bond acceptors (Lipinski definition) is 7. The van der Waals surface area contributed by atoms with E-state index < -0.39 is 28.4 Å². The number of ether oxygens (including phenoxy) is 1. The molecule has 0 aromatic heterocycles. The second kappa shape index (κ2) is 10.1. The van der Waals surface area contributed by atoms with Crippen molar-refractivity contribution in [1.82, 2.24) is 4.90 Å². The van der Waals surface area contributed by atoms with Gasteiger partial charge < -0.3 is 19.8 Å². The molecular weight excluding hydrogens is 440 g/mol. The number of nitro benzene ring substituents is 1. The van der Waals surface area contributed by atoms with Crippen molar-refractivity contribution in [2.75, 3.05) is 26.4 Å². The minimum atomic E-state index is -0.897. The van der Waals surface area contributed by atoms with Crippen molar-refractivity contribution in [3.8, 4) is 0 Å². The Hall–Kier alpha value is -3.56. The molecular formula is C25H28N2O7. The van der Waals surface area contributed by atoms with E-state index in [2.05, 4.69) is 20.8 Å². The van der Waals surface area contributed by atoms with Crippen LogP contribution >= 0.6 is 0 Å². The van der Waals surface area contributed by atoms with Gasteiger partial charge in [-0.1, -0.05) is 57.2 Å². The van der Waals surface area contributed by atoms with Gasteiger partial charge in [0.05, 0.1) is 36.4 Å². The van der Waals surface area contributed by atoms with Gasteiger partial charge in [-0.3, -0.25) is 19.7 Å². The summed E-state index contributed by atoms with van der Waals surface area (Å²) in [5, 5.41) is 31.2. The molecule has 1 aliphatic rings. The first-order chi connectivity index (χ1) is 16.1. The summed E-state index contributed by atoms with van der Waals surface area (Å²) < 4.78 is 5.29. The van der Waals surface area contributed by atoms with Crippen LogP contribution in [0.2, 0.25) is 0 Å². The van der Waals surface area contributed by atoms with Crippen molar-refractivity contribution in [3.63, 3.8) is 0 Å². The summed E-state index contributed by atoms with van der Waals surface area (Å²) >= 11 is 0. The molecule has 2 aromatic carbocycles. The molecule has 1 aliphatic heterocycles. The van der Waals surface area contributed by atoms with Crippen LogP contribution in [-0.2, 0) is 19.7 Å². The lowest BCUT2D eigenvalue weighted by atomic mass is 9.85. The molecule has 9 heteroatoms. The van der Waals surface area contributed by atoms with Gasteiger partial charge in [-0.15, -0.1) is 0 Å². The third-order valence-corrected chi connectivity index (χ3v) is 5.67. The highest BCUT2D eigenvalue weighted by molar-refractivity contribution is 6.46. The van der Waals surface area contributed by atoms with Crippen molar-refractivity contribution in [1.29, 1.82) is 0 Å². The van der Waals surface area contributed by atoms with Gasteiger partial charge in [-0.2, -0.15) is 0 Å². The molecule has 2 N–H and O–H groups in total. The fourth-order valence-corrected chi connectivity index (χ4v) is 3.87. The molecule has 0 saturated carbocycles. The maximum Gasteiger partial charge on any atom is 0.295 e. The highest BCUT2D eigenvalue weighted by Crippen LogP contribution is 2.40. The molecule has 0 spiro atoms. The number of likely N-dealkylation sites (tertiary alicyclic amines) is 1. The van der Waals surface area contributed by atoms with Gasteiger partial charge in [0.2, 0.25) is 0 Å². The van der Waals surface area contributed by atoms with Crippen LogP contribution < -0.4 is 0 Å². The summed E-state index contributed by atoms with van der Waals surface area (Å²) in [5.41, 5.74) is 1.24. The predicted octanol–water partition coefficient (Wildman–Crippen LogP) is 3.32. The standard InChI is InChI=1S/C25H28N2O7/c1-25(2,3)18-9-7-16(8-10-18)21-20(22(29)17-5-4-6-19(15-17)27(32)33)23(30)24(31)26(21)11-13-34-14-12-28/h4-10,15,21,28-29H,11-14H2,1-3H3/b22-20+/t21-/m1/s1. The Morgan fingerprint density at radius 2 is 1.79 bits per heavy atom. The number of benzene rings is 2. The van der Waals surface area contributed by atoms with Crippen LogP contribution in [0, 0.1) is 10.1 Å². The van der Waals surface area contributed by atoms with E-state index in [9.17, 15) is 24.8 Å². The van der Waals surface area contributed by atoms with Gasteiger partial charge in [0.1, 0.15) is 5.76 Å². The first kappa shape index (κ1) is 25.1. The van der Waals surface area contributed by atoms with Crippen LogP contribution in [0.25, 0.3) is 5.76 Å². The van der Waals surface area contributed by atoms with Crippen molar-refractivity contribution >= 4 is 23.1 Å². The third kappa shape index (κ3) is 5.16. The minimum Gasteiger partial charge on any atom is -0.507 e. The van der Waals surface area contributed by atoms with Gasteiger partial charge in [-0.25, -0.2) is 0 Å². The van der Waals surface area contributed by atoms with Crippen LogP contribution in [0.3, 0.4) is 0 Å². The molecule has 180 valence electrons. The van der Waals surface area contributed by atoms with Crippen molar-refractivity contribution in [2.24, 2.45) is 0 Å². The normalized spacial score (nSPS) is 17.9. The predicted molar refractivity (Wildman–Crippen MR) is 125 cm³/mol. The molecule has 9 nitrogen and oxygen atoms in total. The van der Waals surface area contributed by atoms with Crippen molar-refractivity contribution < 1.29 is 29.5 Å². The highest BCUT2D eigenvalue weighted by Gasteiger charge is 2.46. The summed E-state index contributed by atoms with van der Waals surface area (Å²) in [6.07, 6.45) is 0. The van der Waals surface area contributed by atoms with Crippen LogP contribution in [0.4, 0.5) is 5.69 Å². The second-order valence-electron chi connectivity index (χ2n) is 9.01. The Morgan fingerprint density at radius 3 is 2.38 bits per heavy atom. The van der Waals surface area contributed by atoms with E-state index in [4.69, 9.17) is 9.84 Å². The molecule has 0 bridgehead atoms. The van der Waals surface area contributed by atoms with E-state index in [1.807, 2.05) is 12.1 Å². The molecule has 1 fully saturated rings. The lowest BCUT2D eigenvalue weighted by Gasteiger charge is -2.26. The molecule has 0 aliphatic carbocycles. The summed E-state index contributed by atoms with van der Waals surface area (Å²) in [7, 11) is 0. The van der Waals surface area contributed by atoms with E-state index >= 15 is 0 Å². The summed E-state index contributed by atoms with van der Waals surface area (Å²) in [4.78, 5) is 37.8. The third-order valence-electron chi connectivity index (χ3n) is 5.67. The average molecular weight is 469 g/mol. The molecule has 2 aromatic rings. The number of Topliss-reactive ketones (excluding diaryl/α,β-unsaturated/α-hetero) is 1. The van der Waals surface area contributed by atoms with Crippen LogP contribution in [0.1, 0.15) is 43.5 Å². The van der Waals surface area contributed by atoms with Gasteiger partial charge in [0, 0.05) is 24.2 Å². The number of nitrogens with zero attached hydrogens (tertiary/aromatic N) is 2. The molecule has 34 heavy (non-hydrogen) atoms. The fraction of sp³-hybridized carbons (Fsp3) is 0.360. The monoisotopic (exact) mass is 468 g/mol. The molecule has 1 amide bonds. The van der Waals surface area contributed by atoms with Crippen molar-refractivity contribution in [3.05, 3.63) is 80.9 Å². The zero-order chi connectivity index (χ0) is 25.0. The van der Waals surface area contributed by atoms with Crippen LogP contribution in [0.15, 0.2) is 54.1 Å². The number of carbonyl (C=O) groups excluding carboxylic acids is 2. The number of aliphatic hydroxyl groups is 2. The summed E-state index contributed by atoms with van der Waals surface area (Å²) in [6, 6.07) is 11.8. The summed E-state index contributed by atoms with van der Waals surface area (Å²) in [6.45, 7) is 6.24. The first-order valence-electron chi connectivity index (χ1n) is 10.9. The number of non-ortho nitro benzene ring substituents is 1. The number of nitro groups is 1. The van der Waals surface area contributed by atoms with E-state index in [1.54, 1.807) is 12.1 Å². The number of hydrogen-bond donors (Lipinski definition) is 2. The van der Waals surface area contributed by atoms with Gasteiger partial charge in [0.15, 0.2) is 0 Å². The zero-order valence-electron chi connectivity index (χ0n) is 19.4. The number of aliphatic hydroxyl groups excluding tert-OH is 2. The van der Waals surface area contributed by atoms with E-state index in [0.29, 0.717) is 5.56 Å². The van der Waals surface area contributed by atoms with E-state index in [1.165, 1.54) is 23.1 Å². The second-order valence-corrected chi connectivity index (χ2v) is 9.01. The van der Waals surface area contributed by atoms with E-state index in [-0.39, 0.29) is 48.6 Å². The Labute approximate surface area is 197 Å². The number of rotatable bonds is 8. The van der Waals surface area contributed by atoms with Crippen LogP contribution in [-0.4, -0.2) is 58.1 Å². The lowest BCUT2D eigenvalue weighted by molar-refractivity contribution is -0.384. The molecule has 1 saturated heterocycles. The fourth-order valence-electron chi connectivity index (χ4n) is 3.87. The smallest absolute Gasteiger partial charge is 0.295 e. The van der Waals surface area contributed by atoms with Crippen LogP contribution in [0.5, 0.6) is 0 Å². The largest absolute Gasteiger partial charge is 0.507 e. The number of carbonyl (C=O) groups is 2. The van der Waals surface area contributed by atoms with Gasteiger partial charge in [-0.05, 0) is 16.5 Å². The molecule has 1 heterocycles. The Kier molecular flexibility index (Phi) is 7.48. The summed E-state index contributed by atoms with van der Waals surface area (Å²) in [5.74, 6) is -2.16. The topological polar surface area (TPSA) is 130 Å². The Bertz CT molecular complexity index is 1120.